The molecule has 0 bridgehead atoms. The summed E-state index contributed by atoms with van der Waals surface area (Å²) in [5.74, 6) is 0.926. The van der Waals surface area contributed by atoms with Crippen LogP contribution in [-0.2, 0) is 6.42 Å². The van der Waals surface area contributed by atoms with Crippen LogP contribution >= 0.6 is 0 Å². The van der Waals surface area contributed by atoms with Gasteiger partial charge in [-0.05, 0) is 20.3 Å². The molecule has 0 aliphatic heterocycles. The molecule has 1 aromatic rings. The van der Waals surface area contributed by atoms with Crippen LogP contribution in [-0.4, -0.2) is 16.8 Å². The normalized spacial score (nSPS) is 10.1. The van der Waals surface area contributed by atoms with E-state index in [1.807, 2.05) is 13.8 Å². The second-order valence-corrected chi connectivity index (χ2v) is 2.41. The Morgan fingerprint density at radius 2 is 2.18 bits per heavy atom. The minimum Gasteiger partial charge on any atom is -0.490 e. The van der Waals surface area contributed by atoms with Crippen molar-refractivity contribution in [3.8, 4) is 5.75 Å². The van der Waals surface area contributed by atoms with Crippen LogP contribution < -0.4 is 4.74 Å². The van der Waals surface area contributed by atoms with E-state index in [-0.39, 0.29) is 0 Å². The highest BCUT2D eigenvalue weighted by atomic mass is 16.5. The van der Waals surface area contributed by atoms with Gasteiger partial charge in [0, 0.05) is 0 Å². The number of hydrogen-bond donors (Lipinski definition) is 1. The van der Waals surface area contributed by atoms with Gasteiger partial charge in [0.25, 0.3) is 0 Å². The number of ether oxygens (including phenoxy) is 1. The molecule has 0 amide bonds. The highest BCUT2D eigenvalue weighted by molar-refractivity contribution is 5.31. The molecule has 1 N–H and O–H groups in total. The molecule has 0 saturated heterocycles. The number of hydrogen-bond acceptors (Lipinski definition) is 2. The summed E-state index contributed by atoms with van der Waals surface area (Å²) in [5, 5.41) is 7.00. The van der Waals surface area contributed by atoms with E-state index in [1.54, 1.807) is 0 Å². The average molecular weight is 154 g/mol. The summed E-state index contributed by atoms with van der Waals surface area (Å²) >= 11 is 0. The second kappa shape index (κ2) is 3.42. The lowest BCUT2D eigenvalue weighted by molar-refractivity contribution is 0.334. The number of rotatable bonds is 3. The lowest BCUT2D eigenvalue weighted by Gasteiger charge is -2.01. The van der Waals surface area contributed by atoms with Crippen molar-refractivity contribution >= 4 is 0 Å². The van der Waals surface area contributed by atoms with Gasteiger partial charge in [-0.1, -0.05) is 6.92 Å². The number of nitrogens with zero attached hydrogens (tertiary/aromatic N) is 1. The van der Waals surface area contributed by atoms with Crippen molar-refractivity contribution < 1.29 is 4.74 Å². The first kappa shape index (κ1) is 8.11. The average Bonchev–Trinajstić information content (AvgIpc) is 2.34. The summed E-state index contributed by atoms with van der Waals surface area (Å²) in [6.07, 6.45) is 0.916. The molecule has 11 heavy (non-hydrogen) atoms. The molecular formula is C8H14N2O. The zero-order valence-corrected chi connectivity index (χ0v) is 7.27. The van der Waals surface area contributed by atoms with Crippen molar-refractivity contribution in [2.45, 2.75) is 27.2 Å². The smallest absolute Gasteiger partial charge is 0.162 e. The molecule has 0 unspecified atom stereocenters. The zero-order valence-electron chi connectivity index (χ0n) is 7.27. The van der Waals surface area contributed by atoms with E-state index in [2.05, 4.69) is 17.1 Å². The molecule has 1 aromatic heterocycles. The second-order valence-electron chi connectivity index (χ2n) is 2.41. The standard InChI is InChI=1S/C8H14N2O/c1-4-7-8(11-5-2)6(3)9-10-7/h4-5H2,1-3H3,(H,9,10). The first-order valence-electron chi connectivity index (χ1n) is 3.96. The van der Waals surface area contributed by atoms with E-state index in [4.69, 9.17) is 4.74 Å². The van der Waals surface area contributed by atoms with Crippen molar-refractivity contribution in [2.24, 2.45) is 0 Å². The molecule has 62 valence electrons. The Balaban J connectivity index is 2.88. The number of aryl methyl sites for hydroxylation is 2. The summed E-state index contributed by atoms with van der Waals surface area (Å²) in [7, 11) is 0. The molecular weight excluding hydrogens is 140 g/mol. The third kappa shape index (κ3) is 1.53. The van der Waals surface area contributed by atoms with Crippen LogP contribution in [0.1, 0.15) is 25.2 Å². The van der Waals surface area contributed by atoms with Crippen LogP contribution in [0, 0.1) is 6.92 Å². The minimum absolute atomic E-state index is 0.702. The number of aromatic nitrogens is 2. The fourth-order valence-electron chi connectivity index (χ4n) is 1.04. The van der Waals surface area contributed by atoms with E-state index in [0.717, 1.165) is 23.6 Å². The zero-order chi connectivity index (χ0) is 8.27. The quantitative estimate of drug-likeness (QED) is 0.719. The Kier molecular flexibility index (Phi) is 2.52. The van der Waals surface area contributed by atoms with E-state index >= 15 is 0 Å². The van der Waals surface area contributed by atoms with Gasteiger partial charge in [0.2, 0.25) is 0 Å². The molecule has 0 aliphatic rings. The van der Waals surface area contributed by atoms with Gasteiger partial charge in [0.05, 0.1) is 12.3 Å². The Hall–Kier alpha value is -0.990. The largest absolute Gasteiger partial charge is 0.490 e. The molecule has 0 atom stereocenters. The molecule has 0 radical (unpaired) electrons. The van der Waals surface area contributed by atoms with Gasteiger partial charge in [-0.2, -0.15) is 5.10 Å². The molecule has 0 fully saturated rings. The van der Waals surface area contributed by atoms with Crippen molar-refractivity contribution in [1.82, 2.24) is 10.2 Å². The SMILES string of the molecule is CCOc1c(CC)n[nH]c1C. The molecule has 0 aromatic carbocycles. The van der Waals surface area contributed by atoms with Crippen molar-refractivity contribution in [3.05, 3.63) is 11.4 Å². The van der Waals surface area contributed by atoms with Gasteiger partial charge < -0.3 is 4.74 Å². The topological polar surface area (TPSA) is 37.9 Å². The summed E-state index contributed by atoms with van der Waals surface area (Å²) in [4.78, 5) is 0. The first-order chi connectivity index (χ1) is 5.29. The summed E-state index contributed by atoms with van der Waals surface area (Å²) in [6, 6.07) is 0. The van der Waals surface area contributed by atoms with Gasteiger partial charge in [-0.25, -0.2) is 0 Å². The van der Waals surface area contributed by atoms with Gasteiger partial charge in [-0.15, -0.1) is 0 Å². The van der Waals surface area contributed by atoms with Gasteiger partial charge in [0.15, 0.2) is 5.75 Å². The summed E-state index contributed by atoms with van der Waals surface area (Å²) < 4.78 is 5.40. The molecule has 3 heteroatoms. The van der Waals surface area contributed by atoms with Crippen LogP contribution in [0.15, 0.2) is 0 Å². The highest BCUT2D eigenvalue weighted by Gasteiger charge is 2.07. The van der Waals surface area contributed by atoms with E-state index in [9.17, 15) is 0 Å². The highest BCUT2D eigenvalue weighted by Crippen LogP contribution is 2.20. The van der Waals surface area contributed by atoms with Crippen LogP contribution in [0.4, 0.5) is 0 Å². The van der Waals surface area contributed by atoms with E-state index in [1.165, 1.54) is 0 Å². The molecule has 3 nitrogen and oxygen atoms in total. The van der Waals surface area contributed by atoms with Gasteiger partial charge >= 0.3 is 0 Å². The fraction of sp³-hybridized carbons (Fsp3) is 0.625. The first-order valence-corrected chi connectivity index (χ1v) is 3.96. The maximum Gasteiger partial charge on any atom is 0.162 e. The van der Waals surface area contributed by atoms with Gasteiger partial charge in [-0.3, -0.25) is 5.10 Å². The Morgan fingerprint density at radius 3 is 2.73 bits per heavy atom. The van der Waals surface area contributed by atoms with Crippen LogP contribution in [0.3, 0.4) is 0 Å². The predicted molar refractivity (Wildman–Crippen MR) is 43.9 cm³/mol. The van der Waals surface area contributed by atoms with Crippen molar-refractivity contribution in [3.63, 3.8) is 0 Å². The lowest BCUT2D eigenvalue weighted by atomic mass is 10.3. The third-order valence-electron chi connectivity index (χ3n) is 1.58. The number of H-pyrrole nitrogens is 1. The van der Waals surface area contributed by atoms with Crippen molar-refractivity contribution in [2.75, 3.05) is 6.61 Å². The maximum atomic E-state index is 5.40. The Morgan fingerprint density at radius 1 is 1.45 bits per heavy atom. The number of aromatic amines is 1. The fourth-order valence-corrected chi connectivity index (χ4v) is 1.04. The monoisotopic (exact) mass is 154 g/mol. The Labute approximate surface area is 66.8 Å². The Bertz CT molecular complexity index is 230. The van der Waals surface area contributed by atoms with Crippen LogP contribution in [0.2, 0.25) is 0 Å². The summed E-state index contributed by atoms with van der Waals surface area (Å²) in [5.41, 5.74) is 2.04. The molecule has 1 rings (SSSR count). The van der Waals surface area contributed by atoms with Crippen LogP contribution in [0.5, 0.6) is 5.75 Å². The predicted octanol–water partition coefficient (Wildman–Crippen LogP) is 1.68. The van der Waals surface area contributed by atoms with Crippen molar-refractivity contribution in [1.29, 1.82) is 0 Å². The lowest BCUT2D eigenvalue weighted by Crippen LogP contribution is -1.94. The molecule has 0 spiro atoms. The summed E-state index contributed by atoms with van der Waals surface area (Å²) in [6.45, 7) is 6.72. The van der Waals surface area contributed by atoms with E-state index in [0.29, 0.717) is 6.61 Å². The minimum atomic E-state index is 0.702. The van der Waals surface area contributed by atoms with Gasteiger partial charge in [0.1, 0.15) is 5.69 Å². The molecule has 1 heterocycles. The maximum absolute atomic E-state index is 5.40. The number of nitrogens with one attached hydrogen (secondary N) is 1. The third-order valence-corrected chi connectivity index (χ3v) is 1.58. The van der Waals surface area contributed by atoms with Crippen LogP contribution in [0.25, 0.3) is 0 Å². The van der Waals surface area contributed by atoms with E-state index < -0.39 is 0 Å². The molecule has 0 saturated carbocycles. The molecule has 0 aliphatic carbocycles.